The van der Waals surface area contributed by atoms with Crippen LogP contribution < -0.4 is 0 Å². The number of rotatable bonds is 3. The Morgan fingerprint density at radius 3 is 3.00 bits per heavy atom. The van der Waals surface area contributed by atoms with Crippen molar-refractivity contribution in [2.24, 2.45) is 0 Å². The van der Waals surface area contributed by atoms with Crippen molar-refractivity contribution in [3.63, 3.8) is 0 Å². The summed E-state index contributed by atoms with van der Waals surface area (Å²) in [4.78, 5) is 11.8. The summed E-state index contributed by atoms with van der Waals surface area (Å²) in [6, 6.07) is 12.5. The molecule has 0 spiro atoms. The van der Waals surface area contributed by atoms with Gasteiger partial charge in [0.05, 0.1) is 22.7 Å². The lowest BCUT2D eigenvalue weighted by Crippen LogP contribution is -2.52. The molecule has 2 atom stereocenters. The Bertz CT molecular complexity index is 940. The Kier molecular flexibility index (Phi) is 3.76. The van der Waals surface area contributed by atoms with Gasteiger partial charge in [-0.3, -0.25) is 9.88 Å². The van der Waals surface area contributed by atoms with Gasteiger partial charge in [-0.05, 0) is 31.9 Å². The van der Waals surface area contributed by atoms with Gasteiger partial charge in [-0.1, -0.05) is 29.4 Å². The number of ether oxygens (including phenoxy) is 1. The quantitative estimate of drug-likeness (QED) is 0.724. The minimum absolute atomic E-state index is 0.170. The predicted octanol–water partition coefficient (Wildman–Crippen LogP) is 2.86. The maximum absolute atomic E-state index is 6.01. The standard InChI is InChI=1S/C20H22N4O2/c1-14-21-19(26-23-14)20-9-11-25-18(20)8-10-24(13-20)12-16-7-6-15-4-2-3-5-17(15)22-16/h2-7,18H,8-13H2,1H3/t18-,20-/m0/s1. The molecule has 0 amide bonds. The minimum Gasteiger partial charge on any atom is -0.377 e. The van der Waals surface area contributed by atoms with Crippen LogP contribution >= 0.6 is 0 Å². The molecule has 2 aliphatic rings. The Morgan fingerprint density at radius 1 is 1.19 bits per heavy atom. The highest BCUT2D eigenvalue weighted by atomic mass is 16.5. The molecule has 2 fully saturated rings. The van der Waals surface area contributed by atoms with Crippen LogP contribution in [0.1, 0.15) is 30.3 Å². The highest BCUT2D eigenvalue weighted by Gasteiger charge is 2.52. The van der Waals surface area contributed by atoms with Gasteiger partial charge in [0, 0.05) is 31.6 Å². The summed E-state index contributed by atoms with van der Waals surface area (Å²) in [5.41, 5.74) is 1.96. The first kappa shape index (κ1) is 15.9. The van der Waals surface area contributed by atoms with E-state index in [-0.39, 0.29) is 11.5 Å². The fraction of sp³-hybridized carbons (Fsp3) is 0.450. The molecule has 2 saturated heterocycles. The van der Waals surface area contributed by atoms with Crippen LogP contribution in [0, 0.1) is 6.92 Å². The third-order valence-electron chi connectivity index (χ3n) is 5.69. The van der Waals surface area contributed by atoms with E-state index in [4.69, 9.17) is 14.2 Å². The van der Waals surface area contributed by atoms with Gasteiger partial charge in [-0.2, -0.15) is 4.98 Å². The van der Waals surface area contributed by atoms with E-state index in [0.29, 0.717) is 5.82 Å². The highest BCUT2D eigenvalue weighted by molar-refractivity contribution is 5.78. The van der Waals surface area contributed by atoms with Crippen molar-refractivity contribution < 1.29 is 9.26 Å². The second-order valence-electron chi connectivity index (χ2n) is 7.41. The van der Waals surface area contributed by atoms with E-state index in [1.165, 1.54) is 5.39 Å². The molecule has 0 bridgehead atoms. The molecule has 2 aromatic heterocycles. The molecular formula is C20H22N4O2. The van der Waals surface area contributed by atoms with Crippen molar-refractivity contribution in [2.45, 2.75) is 37.8 Å². The van der Waals surface area contributed by atoms with Gasteiger partial charge in [0.25, 0.3) is 0 Å². The molecule has 134 valence electrons. The Labute approximate surface area is 152 Å². The molecule has 6 nitrogen and oxygen atoms in total. The molecule has 4 heterocycles. The largest absolute Gasteiger partial charge is 0.377 e. The molecule has 26 heavy (non-hydrogen) atoms. The number of hydrogen-bond acceptors (Lipinski definition) is 6. The number of piperidine rings is 1. The number of fused-ring (bicyclic) bond motifs is 2. The van der Waals surface area contributed by atoms with Gasteiger partial charge in [-0.25, -0.2) is 0 Å². The van der Waals surface area contributed by atoms with Crippen LogP contribution in [0.3, 0.4) is 0 Å². The molecule has 0 N–H and O–H groups in total. The number of pyridine rings is 1. The van der Waals surface area contributed by atoms with E-state index in [1.807, 2.05) is 19.1 Å². The third-order valence-corrected chi connectivity index (χ3v) is 5.69. The van der Waals surface area contributed by atoms with Gasteiger partial charge in [0.2, 0.25) is 5.89 Å². The van der Waals surface area contributed by atoms with Gasteiger partial charge >= 0.3 is 0 Å². The number of benzene rings is 1. The summed E-state index contributed by atoms with van der Waals surface area (Å²) in [6.45, 7) is 5.32. The second-order valence-corrected chi connectivity index (χ2v) is 7.41. The molecule has 2 aliphatic heterocycles. The van der Waals surface area contributed by atoms with Gasteiger partial charge in [-0.15, -0.1) is 0 Å². The average molecular weight is 350 g/mol. The zero-order valence-electron chi connectivity index (χ0n) is 14.9. The van der Waals surface area contributed by atoms with E-state index in [2.05, 4.69) is 39.3 Å². The second kappa shape index (κ2) is 6.14. The zero-order valence-corrected chi connectivity index (χ0v) is 14.9. The first-order valence-corrected chi connectivity index (χ1v) is 9.22. The van der Waals surface area contributed by atoms with Crippen LogP contribution in [-0.2, 0) is 16.7 Å². The number of aryl methyl sites for hydroxylation is 1. The molecule has 3 aromatic rings. The topological polar surface area (TPSA) is 64.3 Å². The lowest BCUT2D eigenvalue weighted by atomic mass is 9.76. The summed E-state index contributed by atoms with van der Waals surface area (Å²) < 4.78 is 11.6. The highest BCUT2D eigenvalue weighted by Crippen LogP contribution is 2.43. The fourth-order valence-corrected chi connectivity index (χ4v) is 4.39. The first-order valence-electron chi connectivity index (χ1n) is 9.22. The number of likely N-dealkylation sites (tertiary alicyclic amines) is 1. The van der Waals surface area contributed by atoms with Crippen LogP contribution in [0.15, 0.2) is 40.9 Å². The maximum atomic E-state index is 6.01. The van der Waals surface area contributed by atoms with Crippen LogP contribution in [0.25, 0.3) is 10.9 Å². The van der Waals surface area contributed by atoms with Gasteiger partial charge < -0.3 is 9.26 Å². The summed E-state index contributed by atoms with van der Waals surface area (Å²) in [7, 11) is 0. The van der Waals surface area contributed by atoms with Gasteiger partial charge in [0.1, 0.15) is 0 Å². The Hall–Kier alpha value is -2.31. The summed E-state index contributed by atoms with van der Waals surface area (Å²) in [5, 5.41) is 5.20. The number of para-hydroxylation sites is 1. The van der Waals surface area contributed by atoms with E-state index in [0.717, 1.165) is 56.2 Å². The van der Waals surface area contributed by atoms with Crippen molar-refractivity contribution in [3.05, 3.63) is 53.8 Å². The molecule has 0 aliphatic carbocycles. The smallest absolute Gasteiger partial charge is 0.236 e. The van der Waals surface area contributed by atoms with Gasteiger partial charge in [0.15, 0.2) is 5.82 Å². The molecule has 6 heteroatoms. The predicted molar refractivity (Wildman–Crippen MR) is 96.7 cm³/mol. The van der Waals surface area contributed by atoms with Crippen molar-refractivity contribution in [2.75, 3.05) is 19.7 Å². The monoisotopic (exact) mass is 350 g/mol. The van der Waals surface area contributed by atoms with Crippen molar-refractivity contribution in [1.82, 2.24) is 20.0 Å². The minimum atomic E-state index is -0.184. The fourth-order valence-electron chi connectivity index (χ4n) is 4.39. The van der Waals surface area contributed by atoms with Crippen molar-refractivity contribution in [1.29, 1.82) is 0 Å². The molecule has 5 rings (SSSR count). The summed E-state index contributed by atoms with van der Waals surface area (Å²) in [6.07, 6.45) is 2.08. The van der Waals surface area contributed by atoms with E-state index >= 15 is 0 Å². The lowest BCUT2D eigenvalue weighted by molar-refractivity contribution is 0.00382. The molecule has 1 aromatic carbocycles. The van der Waals surface area contributed by atoms with Crippen LogP contribution in [0.4, 0.5) is 0 Å². The maximum Gasteiger partial charge on any atom is 0.236 e. The first-order chi connectivity index (χ1) is 12.7. The van der Waals surface area contributed by atoms with Crippen molar-refractivity contribution in [3.8, 4) is 0 Å². The SMILES string of the molecule is Cc1noc([C@]23CCO[C@H]2CCN(Cc2ccc4ccccc4n2)C3)n1. The summed E-state index contributed by atoms with van der Waals surface area (Å²) in [5.74, 6) is 1.42. The lowest BCUT2D eigenvalue weighted by Gasteiger charge is -2.41. The molecule has 0 radical (unpaired) electrons. The Balaban J connectivity index is 1.41. The number of aromatic nitrogens is 3. The van der Waals surface area contributed by atoms with Crippen LogP contribution in [0.5, 0.6) is 0 Å². The normalized spacial score (nSPS) is 26.3. The molecule has 0 unspecified atom stereocenters. The van der Waals surface area contributed by atoms with Crippen LogP contribution in [0.2, 0.25) is 0 Å². The molecule has 0 saturated carbocycles. The Morgan fingerprint density at radius 2 is 2.12 bits per heavy atom. The average Bonchev–Trinajstić information content (AvgIpc) is 3.28. The summed E-state index contributed by atoms with van der Waals surface area (Å²) >= 11 is 0. The molecular weight excluding hydrogens is 328 g/mol. The van der Waals surface area contributed by atoms with E-state index in [9.17, 15) is 0 Å². The third kappa shape index (κ3) is 2.61. The number of nitrogens with zero attached hydrogens (tertiary/aromatic N) is 4. The van der Waals surface area contributed by atoms with E-state index < -0.39 is 0 Å². The van der Waals surface area contributed by atoms with Crippen LogP contribution in [-0.4, -0.2) is 45.8 Å². The zero-order chi connectivity index (χ0) is 17.6. The van der Waals surface area contributed by atoms with E-state index in [1.54, 1.807) is 0 Å². The number of hydrogen-bond donors (Lipinski definition) is 0. The van der Waals surface area contributed by atoms with Crippen molar-refractivity contribution >= 4 is 10.9 Å².